The van der Waals surface area contributed by atoms with Gasteiger partial charge in [-0.1, -0.05) is 32.9 Å². The van der Waals surface area contributed by atoms with Gasteiger partial charge in [0.2, 0.25) is 5.91 Å². The fourth-order valence-corrected chi connectivity index (χ4v) is 2.63. The van der Waals surface area contributed by atoms with Crippen LogP contribution in [0.1, 0.15) is 45.6 Å². The van der Waals surface area contributed by atoms with Gasteiger partial charge in [0.05, 0.1) is 13.0 Å². The number of esters is 1. The van der Waals surface area contributed by atoms with Crippen LogP contribution in [0.25, 0.3) is 0 Å². The van der Waals surface area contributed by atoms with E-state index in [1.807, 2.05) is 20.8 Å². The minimum atomic E-state index is -0.953. The highest BCUT2D eigenvalue weighted by Gasteiger charge is 2.33. The highest BCUT2D eigenvalue weighted by Crippen LogP contribution is 2.26. The molecule has 1 fully saturated rings. The van der Waals surface area contributed by atoms with E-state index in [4.69, 9.17) is 4.74 Å². The number of ether oxygens (including phenoxy) is 1. The summed E-state index contributed by atoms with van der Waals surface area (Å²) in [6.45, 7) is 6.12. The summed E-state index contributed by atoms with van der Waals surface area (Å²) in [7, 11) is 0. The Balaban J connectivity index is 2.01. The van der Waals surface area contributed by atoms with Crippen molar-refractivity contribution in [3.8, 4) is 0 Å². The van der Waals surface area contributed by atoms with Crippen LogP contribution in [-0.4, -0.2) is 29.4 Å². The highest BCUT2D eigenvalue weighted by molar-refractivity contribution is 5.80. The van der Waals surface area contributed by atoms with E-state index in [1.54, 1.807) is 0 Å². The summed E-state index contributed by atoms with van der Waals surface area (Å²) in [5, 5.41) is 0. The van der Waals surface area contributed by atoms with Crippen molar-refractivity contribution in [2.24, 2.45) is 5.41 Å². The molecule has 1 unspecified atom stereocenters. The smallest absolute Gasteiger partial charge is 0.307 e. The van der Waals surface area contributed by atoms with Crippen molar-refractivity contribution >= 4 is 11.9 Å². The molecule has 1 aliphatic rings. The Morgan fingerprint density at radius 1 is 1.33 bits per heavy atom. The molecule has 1 atom stereocenters. The van der Waals surface area contributed by atoms with Crippen LogP contribution in [0.4, 0.5) is 8.78 Å². The van der Waals surface area contributed by atoms with Crippen LogP contribution in [0, 0.1) is 17.0 Å². The van der Waals surface area contributed by atoms with Crippen LogP contribution >= 0.6 is 0 Å². The zero-order valence-corrected chi connectivity index (χ0v) is 14.3. The topological polar surface area (TPSA) is 46.6 Å². The molecule has 1 saturated heterocycles. The SMILES string of the molecule is CC(C)(C)COC(=O)CC1CCC(=O)N1Cc1cccc(F)c1F. The van der Waals surface area contributed by atoms with Crippen LogP contribution in [0.3, 0.4) is 0 Å². The van der Waals surface area contributed by atoms with Crippen molar-refractivity contribution in [1.82, 2.24) is 4.90 Å². The van der Waals surface area contributed by atoms with E-state index in [9.17, 15) is 18.4 Å². The van der Waals surface area contributed by atoms with Gasteiger partial charge in [-0.3, -0.25) is 9.59 Å². The summed E-state index contributed by atoms with van der Waals surface area (Å²) in [6.07, 6.45) is 0.882. The zero-order chi connectivity index (χ0) is 17.9. The summed E-state index contributed by atoms with van der Waals surface area (Å²) in [4.78, 5) is 25.5. The summed E-state index contributed by atoms with van der Waals surface area (Å²) >= 11 is 0. The molecule has 0 radical (unpaired) electrons. The fraction of sp³-hybridized carbons (Fsp3) is 0.556. The first-order chi connectivity index (χ1) is 11.2. The molecule has 24 heavy (non-hydrogen) atoms. The van der Waals surface area contributed by atoms with Crippen molar-refractivity contribution < 1.29 is 23.1 Å². The summed E-state index contributed by atoms with van der Waals surface area (Å²) in [5.41, 5.74) is -0.0239. The Bertz CT molecular complexity index is 625. The van der Waals surface area contributed by atoms with Crippen LogP contribution in [0.5, 0.6) is 0 Å². The third kappa shape index (κ3) is 4.76. The molecular formula is C18H23F2NO3. The second kappa shape index (κ2) is 7.28. The van der Waals surface area contributed by atoms with Crippen molar-refractivity contribution in [3.63, 3.8) is 0 Å². The van der Waals surface area contributed by atoms with Crippen LogP contribution in [0.2, 0.25) is 0 Å². The minimum Gasteiger partial charge on any atom is -0.465 e. The molecule has 1 heterocycles. The molecule has 0 saturated carbocycles. The first kappa shape index (κ1) is 18.4. The summed E-state index contributed by atoms with van der Waals surface area (Å²) < 4.78 is 32.4. The average Bonchev–Trinajstić information content (AvgIpc) is 2.82. The number of nitrogens with zero attached hydrogens (tertiary/aromatic N) is 1. The quantitative estimate of drug-likeness (QED) is 0.772. The second-order valence-electron chi connectivity index (χ2n) is 7.35. The number of rotatable bonds is 5. The Morgan fingerprint density at radius 3 is 2.71 bits per heavy atom. The summed E-state index contributed by atoms with van der Waals surface area (Å²) in [5.74, 6) is -2.44. The molecule has 6 heteroatoms. The molecule has 0 N–H and O–H groups in total. The lowest BCUT2D eigenvalue weighted by atomic mass is 9.99. The van der Waals surface area contributed by atoms with E-state index < -0.39 is 11.6 Å². The van der Waals surface area contributed by atoms with Crippen molar-refractivity contribution in [1.29, 1.82) is 0 Å². The van der Waals surface area contributed by atoms with E-state index in [2.05, 4.69) is 0 Å². The lowest BCUT2D eigenvalue weighted by Crippen LogP contribution is -2.35. The van der Waals surface area contributed by atoms with Crippen molar-refractivity contribution in [3.05, 3.63) is 35.4 Å². The van der Waals surface area contributed by atoms with E-state index >= 15 is 0 Å². The Labute approximate surface area is 140 Å². The molecule has 1 aromatic carbocycles. The fourth-order valence-electron chi connectivity index (χ4n) is 2.63. The van der Waals surface area contributed by atoms with Gasteiger partial charge in [-0.05, 0) is 17.9 Å². The van der Waals surface area contributed by atoms with E-state index in [0.29, 0.717) is 19.4 Å². The Morgan fingerprint density at radius 2 is 2.04 bits per heavy atom. The first-order valence-electron chi connectivity index (χ1n) is 8.05. The van der Waals surface area contributed by atoms with Crippen molar-refractivity contribution in [2.45, 2.75) is 52.6 Å². The highest BCUT2D eigenvalue weighted by atomic mass is 19.2. The number of carbonyl (C=O) groups is 2. The molecule has 2 rings (SSSR count). The van der Waals surface area contributed by atoms with Crippen LogP contribution < -0.4 is 0 Å². The van der Waals surface area contributed by atoms with Gasteiger partial charge in [-0.15, -0.1) is 0 Å². The zero-order valence-electron chi connectivity index (χ0n) is 14.3. The Hall–Kier alpha value is -1.98. The first-order valence-corrected chi connectivity index (χ1v) is 8.05. The molecule has 0 bridgehead atoms. The molecule has 4 nitrogen and oxygen atoms in total. The number of hydrogen-bond donors (Lipinski definition) is 0. The van der Waals surface area contributed by atoms with Crippen molar-refractivity contribution in [2.75, 3.05) is 6.61 Å². The van der Waals surface area contributed by atoms with Crippen LogP contribution in [-0.2, 0) is 20.9 Å². The van der Waals surface area contributed by atoms with E-state index in [1.165, 1.54) is 17.0 Å². The number of halogens is 2. The van der Waals surface area contributed by atoms with Gasteiger partial charge in [-0.25, -0.2) is 8.78 Å². The molecule has 0 spiro atoms. The number of benzene rings is 1. The van der Waals surface area contributed by atoms with Gasteiger partial charge in [0.25, 0.3) is 0 Å². The molecule has 1 amide bonds. The number of hydrogen-bond acceptors (Lipinski definition) is 3. The van der Waals surface area contributed by atoms with E-state index in [0.717, 1.165) is 6.07 Å². The largest absolute Gasteiger partial charge is 0.465 e. The van der Waals surface area contributed by atoms with Gasteiger partial charge in [-0.2, -0.15) is 0 Å². The lowest BCUT2D eigenvalue weighted by Gasteiger charge is -2.25. The minimum absolute atomic E-state index is 0.0420. The third-order valence-corrected chi connectivity index (χ3v) is 3.89. The van der Waals surface area contributed by atoms with Gasteiger partial charge in [0.1, 0.15) is 0 Å². The Kier molecular flexibility index (Phi) is 5.57. The van der Waals surface area contributed by atoms with E-state index in [-0.39, 0.29) is 41.9 Å². The molecule has 0 aromatic heterocycles. The number of carbonyl (C=O) groups excluding carboxylic acids is 2. The number of amides is 1. The van der Waals surface area contributed by atoms with Gasteiger partial charge >= 0.3 is 5.97 Å². The molecule has 132 valence electrons. The molecular weight excluding hydrogens is 316 g/mol. The maximum Gasteiger partial charge on any atom is 0.307 e. The van der Waals surface area contributed by atoms with Gasteiger partial charge in [0, 0.05) is 24.6 Å². The lowest BCUT2D eigenvalue weighted by molar-refractivity contribution is -0.148. The molecule has 0 aliphatic carbocycles. The maximum atomic E-state index is 13.8. The van der Waals surface area contributed by atoms with Gasteiger partial charge < -0.3 is 9.64 Å². The average molecular weight is 339 g/mol. The standard InChI is InChI=1S/C18H23F2NO3/c1-18(2,3)11-24-16(23)9-13-7-8-15(22)21(13)10-12-5-4-6-14(19)17(12)20/h4-6,13H,7-11H2,1-3H3. The summed E-state index contributed by atoms with van der Waals surface area (Å²) in [6, 6.07) is 3.54. The second-order valence-corrected chi connectivity index (χ2v) is 7.35. The van der Waals surface area contributed by atoms with Crippen LogP contribution in [0.15, 0.2) is 18.2 Å². The molecule has 1 aromatic rings. The maximum absolute atomic E-state index is 13.8. The number of likely N-dealkylation sites (tertiary alicyclic amines) is 1. The normalized spacial score (nSPS) is 18.1. The van der Waals surface area contributed by atoms with Gasteiger partial charge in [0.15, 0.2) is 11.6 Å². The predicted octanol–water partition coefficient (Wildman–Crippen LogP) is 3.44. The molecule has 1 aliphatic heterocycles. The third-order valence-electron chi connectivity index (χ3n) is 3.89. The predicted molar refractivity (Wildman–Crippen MR) is 85.0 cm³/mol. The monoisotopic (exact) mass is 339 g/mol.